The van der Waals surface area contributed by atoms with Crippen LogP contribution in [0.15, 0.2) is 42.5 Å². The van der Waals surface area contributed by atoms with Gasteiger partial charge in [0.25, 0.3) is 0 Å². The summed E-state index contributed by atoms with van der Waals surface area (Å²) in [4.78, 5) is 2.49. The van der Waals surface area contributed by atoms with Crippen LogP contribution in [0.2, 0.25) is 0 Å². The second kappa shape index (κ2) is 3.36. The maximum Gasteiger partial charge on any atom is 0.0158 e. The summed E-state index contributed by atoms with van der Waals surface area (Å²) >= 11 is 0. The first kappa shape index (κ1) is 10.6. The third-order valence-corrected chi connectivity index (χ3v) is 5.30. The molecule has 2 fully saturated rings. The van der Waals surface area contributed by atoms with Gasteiger partial charge in [-0.1, -0.05) is 49.4 Å². The lowest BCUT2D eigenvalue weighted by Gasteiger charge is -2.20. The van der Waals surface area contributed by atoms with Crippen LogP contribution < -0.4 is 0 Å². The van der Waals surface area contributed by atoms with Gasteiger partial charge in [0, 0.05) is 18.5 Å². The van der Waals surface area contributed by atoms with E-state index in [0.717, 1.165) is 11.8 Å². The number of hydrogen-bond donors (Lipinski definition) is 0. The van der Waals surface area contributed by atoms with E-state index >= 15 is 0 Å². The summed E-state index contributed by atoms with van der Waals surface area (Å²) in [6.45, 7) is 4.93. The molecular formula is C17H19N. The number of nitrogens with zero attached hydrogens (tertiary/aromatic N) is 1. The smallest absolute Gasteiger partial charge is 0.0158 e. The van der Waals surface area contributed by atoms with Crippen molar-refractivity contribution in [1.82, 2.24) is 4.90 Å². The lowest BCUT2D eigenvalue weighted by Crippen LogP contribution is -2.25. The topological polar surface area (TPSA) is 3.24 Å². The molecule has 1 nitrogen and oxygen atoms in total. The van der Waals surface area contributed by atoms with Crippen molar-refractivity contribution in [3.8, 4) is 0 Å². The van der Waals surface area contributed by atoms with Gasteiger partial charge in [-0.2, -0.15) is 0 Å². The lowest BCUT2D eigenvalue weighted by atomic mass is 9.88. The second-order valence-corrected chi connectivity index (χ2v) is 6.16. The van der Waals surface area contributed by atoms with Gasteiger partial charge in [0.05, 0.1) is 0 Å². The molecule has 2 aromatic carbocycles. The van der Waals surface area contributed by atoms with E-state index in [-0.39, 0.29) is 0 Å². The fraction of sp³-hybridized carbons (Fsp3) is 0.412. The molecule has 3 atom stereocenters. The highest BCUT2D eigenvalue weighted by atomic mass is 15.2. The molecule has 0 N–H and O–H groups in total. The van der Waals surface area contributed by atoms with Gasteiger partial charge < -0.3 is 4.90 Å². The van der Waals surface area contributed by atoms with Gasteiger partial charge in [-0.05, 0) is 35.2 Å². The Kier molecular flexibility index (Phi) is 1.97. The SMILES string of the molecule is C[C@@H]1[C@H]2CN(C)C[C@@]12c1cccc2ccccc12. The molecule has 0 bridgehead atoms. The Morgan fingerprint density at radius 2 is 1.89 bits per heavy atom. The molecule has 0 spiro atoms. The molecule has 1 heterocycles. The number of hydrogen-bond acceptors (Lipinski definition) is 1. The summed E-state index contributed by atoms with van der Waals surface area (Å²) in [6, 6.07) is 15.7. The minimum absolute atomic E-state index is 0.440. The van der Waals surface area contributed by atoms with Gasteiger partial charge in [-0.3, -0.25) is 0 Å². The molecule has 0 radical (unpaired) electrons. The Morgan fingerprint density at radius 3 is 2.72 bits per heavy atom. The van der Waals surface area contributed by atoms with Crippen LogP contribution in [0.3, 0.4) is 0 Å². The van der Waals surface area contributed by atoms with Crippen LogP contribution in [-0.2, 0) is 5.41 Å². The number of likely N-dealkylation sites (N-methyl/N-ethyl adjacent to an activating group) is 1. The van der Waals surface area contributed by atoms with Crippen LogP contribution in [0.5, 0.6) is 0 Å². The van der Waals surface area contributed by atoms with Crippen molar-refractivity contribution in [2.75, 3.05) is 20.1 Å². The fourth-order valence-corrected chi connectivity index (χ4v) is 4.32. The van der Waals surface area contributed by atoms with Crippen molar-refractivity contribution >= 4 is 10.8 Å². The van der Waals surface area contributed by atoms with E-state index in [9.17, 15) is 0 Å². The van der Waals surface area contributed by atoms with E-state index in [1.807, 2.05) is 0 Å². The molecule has 1 aliphatic carbocycles. The van der Waals surface area contributed by atoms with Gasteiger partial charge in [0.15, 0.2) is 0 Å². The molecule has 92 valence electrons. The summed E-state index contributed by atoms with van der Waals surface area (Å²) in [7, 11) is 2.26. The predicted octanol–water partition coefficient (Wildman–Crippen LogP) is 3.29. The van der Waals surface area contributed by atoms with Crippen LogP contribution in [0.25, 0.3) is 10.8 Å². The van der Waals surface area contributed by atoms with Crippen LogP contribution in [0, 0.1) is 11.8 Å². The normalized spacial score (nSPS) is 34.8. The Morgan fingerprint density at radius 1 is 1.11 bits per heavy atom. The zero-order valence-electron chi connectivity index (χ0n) is 11.1. The zero-order chi connectivity index (χ0) is 12.3. The summed E-state index contributed by atoms with van der Waals surface area (Å²) in [5.74, 6) is 1.72. The summed E-state index contributed by atoms with van der Waals surface area (Å²) < 4.78 is 0. The minimum atomic E-state index is 0.440. The van der Waals surface area contributed by atoms with Crippen molar-refractivity contribution in [1.29, 1.82) is 0 Å². The van der Waals surface area contributed by atoms with E-state index in [1.54, 1.807) is 5.56 Å². The van der Waals surface area contributed by atoms with Gasteiger partial charge in [0.1, 0.15) is 0 Å². The highest BCUT2D eigenvalue weighted by Crippen LogP contribution is 2.64. The number of piperidine rings is 1. The van der Waals surface area contributed by atoms with Crippen molar-refractivity contribution in [2.45, 2.75) is 12.3 Å². The standard InChI is InChI=1S/C17H19N/c1-12-16-10-18(2)11-17(12,16)15-9-5-7-13-6-3-4-8-14(13)15/h3-9,12,16H,10-11H2,1-2H3/t12-,16-,17+/m1/s1. The monoisotopic (exact) mass is 237 g/mol. The van der Waals surface area contributed by atoms with Gasteiger partial charge in [-0.15, -0.1) is 0 Å². The van der Waals surface area contributed by atoms with E-state index in [1.165, 1.54) is 23.9 Å². The zero-order valence-corrected chi connectivity index (χ0v) is 11.1. The first-order valence-corrected chi connectivity index (χ1v) is 6.90. The number of fused-ring (bicyclic) bond motifs is 2. The number of benzene rings is 2. The van der Waals surface area contributed by atoms with Crippen LogP contribution in [-0.4, -0.2) is 25.0 Å². The maximum atomic E-state index is 2.49. The highest BCUT2D eigenvalue weighted by molar-refractivity contribution is 5.87. The van der Waals surface area contributed by atoms with E-state index in [0.29, 0.717) is 5.41 Å². The van der Waals surface area contributed by atoms with Crippen molar-refractivity contribution in [3.05, 3.63) is 48.0 Å². The van der Waals surface area contributed by atoms with E-state index in [4.69, 9.17) is 0 Å². The predicted molar refractivity (Wildman–Crippen MR) is 75.8 cm³/mol. The Bertz CT molecular complexity index is 613. The third kappa shape index (κ3) is 1.16. The lowest BCUT2D eigenvalue weighted by molar-refractivity contribution is 0.339. The third-order valence-electron chi connectivity index (χ3n) is 5.30. The molecule has 1 aliphatic heterocycles. The van der Waals surface area contributed by atoms with Crippen molar-refractivity contribution < 1.29 is 0 Å². The van der Waals surface area contributed by atoms with Crippen molar-refractivity contribution in [3.63, 3.8) is 0 Å². The largest absolute Gasteiger partial charge is 0.305 e. The second-order valence-electron chi connectivity index (χ2n) is 6.16. The Labute approximate surface area is 108 Å². The molecule has 1 heteroatoms. The molecule has 0 aromatic heterocycles. The van der Waals surface area contributed by atoms with Gasteiger partial charge >= 0.3 is 0 Å². The van der Waals surface area contributed by atoms with Crippen LogP contribution in [0.4, 0.5) is 0 Å². The molecule has 18 heavy (non-hydrogen) atoms. The van der Waals surface area contributed by atoms with Crippen LogP contribution in [0.1, 0.15) is 12.5 Å². The maximum absolute atomic E-state index is 2.49. The molecule has 2 aromatic rings. The highest BCUT2D eigenvalue weighted by Gasteiger charge is 2.66. The Balaban J connectivity index is 1.94. The fourth-order valence-electron chi connectivity index (χ4n) is 4.32. The Hall–Kier alpha value is -1.34. The quantitative estimate of drug-likeness (QED) is 0.735. The van der Waals surface area contributed by atoms with Gasteiger partial charge in [0.2, 0.25) is 0 Å². The van der Waals surface area contributed by atoms with Crippen LogP contribution >= 0.6 is 0 Å². The molecule has 4 rings (SSSR count). The van der Waals surface area contributed by atoms with E-state index in [2.05, 4.69) is 61.3 Å². The number of likely N-dealkylation sites (tertiary alicyclic amines) is 1. The molecular weight excluding hydrogens is 218 g/mol. The first-order valence-electron chi connectivity index (χ1n) is 6.90. The molecule has 1 saturated carbocycles. The average molecular weight is 237 g/mol. The minimum Gasteiger partial charge on any atom is -0.305 e. The molecule has 0 amide bonds. The van der Waals surface area contributed by atoms with Gasteiger partial charge in [-0.25, -0.2) is 0 Å². The average Bonchev–Trinajstić information content (AvgIpc) is 2.79. The first-order chi connectivity index (χ1) is 8.73. The molecule has 0 unspecified atom stereocenters. The molecule has 2 aliphatic rings. The summed E-state index contributed by atoms with van der Waals surface area (Å²) in [5, 5.41) is 2.85. The molecule has 1 saturated heterocycles. The summed E-state index contributed by atoms with van der Waals surface area (Å²) in [6.07, 6.45) is 0. The summed E-state index contributed by atoms with van der Waals surface area (Å²) in [5.41, 5.74) is 2.03. The van der Waals surface area contributed by atoms with Crippen molar-refractivity contribution in [2.24, 2.45) is 11.8 Å². The number of rotatable bonds is 1. The van der Waals surface area contributed by atoms with E-state index < -0.39 is 0 Å².